The number of rotatable bonds is 13. The Bertz CT molecular complexity index is 1060. The molecule has 36 heavy (non-hydrogen) atoms. The smallest absolute Gasteiger partial charge is 0.248 e. The minimum Gasteiger partial charge on any atom is -0.504 e. The third kappa shape index (κ3) is 7.92. The van der Waals surface area contributed by atoms with Gasteiger partial charge >= 0.3 is 0 Å². The van der Waals surface area contributed by atoms with E-state index in [2.05, 4.69) is 11.8 Å². The summed E-state index contributed by atoms with van der Waals surface area (Å²) in [6, 6.07) is 21.4. The van der Waals surface area contributed by atoms with Crippen LogP contribution < -0.4 is 15.2 Å². The molecule has 0 aliphatic rings. The second kappa shape index (κ2) is 12.8. The molecule has 192 valence electrons. The van der Waals surface area contributed by atoms with Crippen molar-refractivity contribution in [1.29, 1.82) is 0 Å². The lowest BCUT2D eigenvalue weighted by atomic mass is 10.0. The number of hydrogen-bond donors (Lipinski definition) is 3. The van der Waals surface area contributed by atoms with Crippen molar-refractivity contribution in [2.24, 2.45) is 5.73 Å². The minimum atomic E-state index is -0.432. The van der Waals surface area contributed by atoms with Crippen LogP contribution >= 0.6 is 0 Å². The highest BCUT2D eigenvalue weighted by atomic mass is 16.5. The molecule has 0 aliphatic heterocycles. The number of phenolic OH excluding ortho intramolecular Hbond substituents is 2. The predicted octanol–water partition coefficient (Wildman–Crippen LogP) is 4.75. The highest BCUT2D eigenvalue weighted by Crippen LogP contribution is 2.27. The highest BCUT2D eigenvalue weighted by Gasteiger charge is 2.22. The first-order chi connectivity index (χ1) is 17.2. The molecule has 0 spiro atoms. The molecule has 1 amide bonds. The molecule has 0 heterocycles. The first kappa shape index (κ1) is 26.9. The summed E-state index contributed by atoms with van der Waals surface area (Å²) in [4.78, 5) is 13.6. The Morgan fingerprint density at radius 2 is 1.28 bits per heavy atom. The van der Waals surface area contributed by atoms with E-state index in [0.29, 0.717) is 30.2 Å². The van der Waals surface area contributed by atoms with Crippen LogP contribution in [-0.4, -0.2) is 52.4 Å². The summed E-state index contributed by atoms with van der Waals surface area (Å²) >= 11 is 0. The summed E-state index contributed by atoms with van der Waals surface area (Å²) in [5.41, 5.74) is 6.97. The molecule has 3 atom stereocenters. The second-order valence-electron chi connectivity index (χ2n) is 9.20. The van der Waals surface area contributed by atoms with Gasteiger partial charge in [0.05, 0.1) is 0 Å². The monoisotopic (exact) mass is 492 g/mol. The zero-order chi connectivity index (χ0) is 26.1. The van der Waals surface area contributed by atoms with Crippen LogP contribution in [0.3, 0.4) is 0 Å². The van der Waals surface area contributed by atoms with E-state index in [4.69, 9.17) is 15.2 Å². The molecule has 7 nitrogen and oxygen atoms in total. The van der Waals surface area contributed by atoms with Crippen LogP contribution in [0.1, 0.15) is 43.1 Å². The lowest BCUT2D eigenvalue weighted by molar-refractivity contribution is 0.0739. The molecule has 0 saturated carbocycles. The number of primary amides is 1. The van der Waals surface area contributed by atoms with Gasteiger partial charge < -0.3 is 25.4 Å². The summed E-state index contributed by atoms with van der Waals surface area (Å²) in [5.74, 6) is 0.688. The van der Waals surface area contributed by atoms with Gasteiger partial charge in [-0.25, -0.2) is 0 Å². The summed E-state index contributed by atoms with van der Waals surface area (Å²) in [6.45, 7) is 7.35. The van der Waals surface area contributed by atoms with Crippen molar-refractivity contribution in [1.82, 2.24) is 4.90 Å². The predicted molar refractivity (Wildman–Crippen MR) is 141 cm³/mol. The zero-order valence-corrected chi connectivity index (χ0v) is 21.1. The molecule has 3 rings (SSSR count). The highest BCUT2D eigenvalue weighted by molar-refractivity contribution is 5.92. The molecule has 7 heteroatoms. The van der Waals surface area contributed by atoms with Crippen LogP contribution in [-0.2, 0) is 6.42 Å². The second-order valence-corrected chi connectivity index (χ2v) is 9.20. The minimum absolute atomic E-state index is 0.111. The van der Waals surface area contributed by atoms with E-state index in [9.17, 15) is 15.0 Å². The lowest BCUT2D eigenvalue weighted by Crippen LogP contribution is -2.44. The van der Waals surface area contributed by atoms with E-state index in [1.807, 2.05) is 38.1 Å². The number of phenols is 2. The molecule has 4 N–H and O–H groups in total. The van der Waals surface area contributed by atoms with Crippen molar-refractivity contribution in [3.8, 4) is 23.0 Å². The molecular weight excluding hydrogens is 456 g/mol. The first-order valence-electron chi connectivity index (χ1n) is 12.2. The van der Waals surface area contributed by atoms with Gasteiger partial charge in [-0.3, -0.25) is 9.69 Å². The number of nitrogens with two attached hydrogens (primary N) is 1. The van der Waals surface area contributed by atoms with Crippen LogP contribution in [0.4, 0.5) is 0 Å². The summed E-state index contributed by atoms with van der Waals surface area (Å²) < 4.78 is 12.1. The van der Waals surface area contributed by atoms with Gasteiger partial charge in [-0.15, -0.1) is 0 Å². The Kier molecular flexibility index (Phi) is 9.59. The van der Waals surface area contributed by atoms with E-state index in [1.54, 1.807) is 48.5 Å². The van der Waals surface area contributed by atoms with Crippen molar-refractivity contribution in [2.45, 2.75) is 51.9 Å². The SMILES string of the molecule is CC(CN(CC(C)Oc1ccccc1O)[C@@H](C)CCc1ccc(C(N)=O)cc1)Oc1ccccc1O. The maximum atomic E-state index is 11.3. The Balaban J connectivity index is 1.67. The molecule has 0 bridgehead atoms. The van der Waals surface area contributed by atoms with Gasteiger partial charge in [0.2, 0.25) is 5.91 Å². The zero-order valence-electron chi connectivity index (χ0n) is 21.1. The molecule has 0 aromatic heterocycles. The number of hydrogen-bond acceptors (Lipinski definition) is 6. The summed E-state index contributed by atoms with van der Waals surface area (Å²) in [5, 5.41) is 20.2. The van der Waals surface area contributed by atoms with E-state index >= 15 is 0 Å². The number of aryl methyl sites for hydroxylation is 1. The van der Waals surface area contributed by atoms with Gasteiger partial charge in [-0.1, -0.05) is 36.4 Å². The van der Waals surface area contributed by atoms with Gasteiger partial charge in [0, 0.05) is 24.7 Å². The number of nitrogens with zero attached hydrogens (tertiary/aromatic N) is 1. The van der Waals surface area contributed by atoms with Gasteiger partial charge in [-0.05, 0) is 75.6 Å². The van der Waals surface area contributed by atoms with Crippen molar-refractivity contribution < 1.29 is 24.5 Å². The van der Waals surface area contributed by atoms with E-state index in [0.717, 1.165) is 18.4 Å². The lowest BCUT2D eigenvalue weighted by Gasteiger charge is -2.34. The maximum Gasteiger partial charge on any atom is 0.248 e. The van der Waals surface area contributed by atoms with Crippen LogP contribution in [0, 0.1) is 0 Å². The molecule has 0 saturated heterocycles. The van der Waals surface area contributed by atoms with Gasteiger partial charge in [0.1, 0.15) is 12.2 Å². The molecule has 0 radical (unpaired) electrons. The Morgan fingerprint density at radius 1 is 0.806 bits per heavy atom. The van der Waals surface area contributed by atoms with E-state index < -0.39 is 5.91 Å². The van der Waals surface area contributed by atoms with Gasteiger partial charge in [0.15, 0.2) is 23.0 Å². The topological polar surface area (TPSA) is 105 Å². The summed E-state index contributed by atoms with van der Waals surface area (Å²) in [6.07, 6.45) is 1.34. The number of aromatic hydroxyl groups is 2. The maximum absolute atomic E-state index is 11.3. The fraction of sp³-hybridized carbons (Fsp3) is 0.345. The number of carbonyl (C=O) groups is 1. The van der Waals surface area contributed by atoms with Crippen LogP contribution in [0.5, 0.6) is 23.0 Å². The number of amides is 1. The quantitative estimate of drug-likeness (QED) is 0.318. The van der Waals surface area contributed by atoms with Crippen LogP contribution in [0.25, 0.3) is 0 Å². The van der Waals surface area contributed by atoms with Crippen LogP contribution in [0.2, 0.25) is 0 Å². The Labute approximate surface area is 213 Å². The largest absolute Gasteiger partial charge is 0.504 e. The average Bonchev–Trinajstić information content (AvgIpc) is 2.85. The van der Waals surface area contributed by atoms with Crippen molar-refractivity contribution in [3.63, 3.8) is 0 Å². The number of carbonyl (C=O) groups excluding carboxylic acids is 1. The average molecular weight is 493 g/mol. The third-order valence-electron chi connectivity index (χ3n) is 6.08. The standard InChI is InChI=1S/C29H36N2O5/c1-20(12-13-23-14-16-24(17-15-23)29(30)34)31(18-21(2)35-27-10-6-4-8-25(27)32)19-22(3)36-28-11-7-5-9-26(28)33/h4-11,14-17,20-22,32-33H,12-13,18-19H2,1-3H3,(H2,30,34)/t20-,21?,22?/m0/s1. The third-order valence-corrected chi connectivity index (χ3v) is 6.08. The number of para-hydroxylation sites is 4. The number of ether oxygens (including phenoxy) is 2. The molecule has 0 aliphatic carbocycles. The fourth-order valence-electron chi connectivity index (χ4n) is 4.11. The van der Waals surface area contributed by atoms with Gasteiger partial charge in [0.25, 0.3) is 0 Å². The molecule has 3 aromatic carbocycles. The van der Waals surface area contributed by atoms with E-state index in [-0.39, 0.29) is 29.7 Å². The summed E-state index contributed by atoms with van der Waals surface area (Å²) in [7, 11) is 0. The molecule has 2 unspecified atom stereocenters. The fourth-order valence-corrected chi connectivity index (χ4v) is 4.11. The van der Waals surface area contributed by atoms with Crippen molar-refractivity contribution in [2.75, 3.05) is 13.1 Å². The molecule has 3 aromatic rings. The molecule has 0 fully saturated rings. The first-order valence-corrected chi connectivity index (χ1v) is 12.2. The van der Waals surface area contributed by atoms with Gasteiger partial charge in [-0.2, -0.15) is 0 Å². The number of benzene rings is 3. The van der Waals surface area contributed by atoms with Crippen molar-refractivity contribution >= 4 is 5.91 Å². The normalized spacial score (nSPS) is 13.7. The Hall–Kier alpha value is -3.71. The van der Waals surface area contributed by atoms with Crippen molar-refractivity contribution in [3.05, 3.63) is 83.9 Å². The van der Waals surface area contributed by atoms with Crippen LogP contribution in [0.15, 0.2) is 72.8 Å². The molecular formula is C29H36N2O5. The van der Waals surface area contributed by atoms with E-state index in [1.165, 1.54) is 0 Å². The Morgan fingerprint density at radius 3 is 1.72 bits per heavy atom.